The summed E-state index contributed by atoms with van der Waals surface area (Å²) in [5, 5.41) is 14.1. The molecule has 0 saturated heterocycles. The number of hydrogen-bond acceptors (Lipinski definition) is 3. The van der Waals surface area contributed by atoms with Crippen LogP contribution in [0.5, 0.6) is 0 Å². The van der Waals surface area contributed by atoms with Crippen LogP contribution in [-0.2, 0) is 11.2 Å². The zero-order valence-corrected chi connectivity index (χ0v) is 10.9. The number of nitrogens with one attached hydrogen (secondary N) is 1. The number of carbonyl (C=O) groups excluding carboxylic acids is 1. The number of fused-ring (bicyclic) bond motifs is 1. The molecule has 1 aliphatic rings. The molecular formula is C13H19NO2S. The molecule has 1 unspecified atom stereocenters. The van der Waals surface area contributed by atoms with Gasteiger partial charge in [-0.05, 0) is 42.7 Å². The smallest absolute Gasteiger partial charge is 0.227 e. The molecule has 2 rings (SSSR count). The fourth-order valence-corrected chi connectivity index (χ4v) is 3.32. The molecule has 2 atom stereocenters. The van der Waals surface area contributed by atoms with E-state index in [1.807, 2.05) is 6.92 Å². The Morgan fingerprint density at radius 2 is 2.53 bits per heavy atom. The van der Waals surface area contributed by atoms with Crippen molar-refractivity contribution in [2.45, 2.75) is 44.6 Å². The highest BCUT2D eigenvalue weighted by molar-refractivity contribution is 7.10. The van der Waals surface area contributed by atoms with E-state index in [9.17, 15) is 4.79 Å². The molecule has 17 heavy (non-hydrogen) atoms. The molecule has 0 bridgehead atoms. The van der Waals surface area contributed by atoms with Gasteiger partial charge in [0.05, 0.1) is 18.6 Å². The first-order valence-electron chi connectivity index (χ1n) is 6.23. The van der Waals surface area contributed by atoms with Crippen LogP contribution in [0.4, 0.5) is 0 Å². The minimum atomic E-state index is -0.105. The van der Waals surface area contributed by atoms with Gasteiger partial charge in [-0.15, -0.1) is 11.3 Å². The van der Waals surface area contributed by atoms with Crippen molar-refractivity contribution in [2.24, 2.45) is 0 Å². The van der Waals surface area contributed by atoms with E-state index in [0.717, 1.165) is 25.7 Å². The van der Waals surface area contributed by atoms with E-state index < -0.39 is 0 Å². The Morgan fingerprint density at radius 3 is 3.24 bits per heavy atom. The van der Waals surface area contributed by atoms with Gasteiger partial charge in [0.15, 0.2) is 0 Å². The van der Waals surface area contributed by atoms with Gasteiger partial charge in [0.25, 0.3) is 0 Å². The van der Waals surface area contributed by atoms with Crippen molar-refractivity contribution >= 4 is 17.2 Å². The second kappa shape index (κ2) is 5.65. The largest absolute Gasteiger partial charge is 0.394 e. The quantitative estimate of drug-likeness (QED) is 0.863. The fraction of sp³-hybridized carbons (Fsp3) is 0.615. The van der Waals surface area contributed by atoms with Crippen LogP contribution in [0.15, 0.2) is 11.4 Å². The van der Waals surface area contributed by atoms with E-state index in [4.69, 9.17) is 5.11 Å². The molecule has 0 aromatic carbocycles. The van der Waals surface area contributed by atoms with Crippen LogP contribution >= 0.6 is 11.3 Å². The van der Waals surface area contributed by atoms with Crippen molar-refractivity contribution in [3.8, 4) is 0 Å². The van der Waals surface area contributed by atoms with Crippen molar-refractivity contribution in [3.05, 3.63) is 21.9 Å². The topological polar surface area (TPSA) is 49.3 Å². The first kappa shape index (κ1) is 12.6. The Kier molecular flexibility index (Phi) is 4.18. The van der Waals surface area contributed by atoms with Gasteiger partial charge >= 0.3 is 0 Å². The molecule has 1 amide bonds. The lowest BCUT2D eigenvalue weighted by atomic mass is 9.87. The van der Waals surface area contributed by atoms with Crippen LogP contribution in [0.25, 0.3) is 0 Å². The maximum atomic E-state index is 12.2. The van der Waals surface area contributed by atoms with Crippen LogP contribution in [0.2, 0.25) is 0 Å². The Hall–Kier alpha value is -0.870. The minimum absolute atomic E-state index is 0.00870. The maximum Gasteiger partial charge on any atom is 0.227 e. The fourth-order valence-electron chi connectivity index (χ4n) is 2.34. The van der Waals surface area contributed by atoms with Gasteiger partial charge in [-0.3, -0.25) is 4.79 Å². The SMILES string of the molecule is CC[C@@H](CO)NC(=O)C1CCCc2sccc21. The Bertz CT molecular complexity index is 385. The summed E-state index contributed by atoms with van der Waals surface area (Å²) < 4.78 is 0. The average Bonchev–Trinajstić information content (AvgIpc) is 2.83. The first-order valence-corrected chi connectivity index (χ1v) is 7.11. The van der Waals surface area contributed by atoms with E-state index in [1.165, 1.54) is 10.4 Å². The van der Waals surface area contributed by atoms with Crippen molar-refractivity contribution < 1.29 is 9.90 Å². The molecule has 4 heteroatoms. The van der Waals surface area contributed by atoms with Crippen LogP contribution in [0.3, 0.4) is 0 Å². The summed E-state index contributed by atoms with van der Waals surface area (Å²) in [7, 11) is 0. The molecule has 1 aromatic rings. The van der Waals surface area contributed by atoms with Gasteiger partial charge in [0.2, 0.25) is 5.91 Å². The zero-order valence-electron chi connectivity index (χ0n) is 10.1. The normalized spacial score (nSPS) is 20.7. The lowest BCUT2D eigenvalue weighted by molar-refractivity contribution is -0.123. The molecule has 94 valence electrons. The number of aryl methyl sites for hydroxylation is 1. The summed E-state index contributed by atoms with van der Waals surface area (Å²) in [6.07, 6.45) is 3.89. The zero-order chi connectivity index (χ0) is 12.3. The lowest BCUT2D eigenvalue weighted by Gasteiger charge is -2.24. The van der Waals surface area contributed by atoms with Gasteiger partial charge in [-0.25, -0.2) is 0 Å². The Labute approximate surface area is 106 Å². The standard InChI is InChI=1S/C13H19NO2S/c1-2-9(8-15)14-13(16)11-4-3-5-12-10(11)6-7-17-12/h6-7,9,11,15H,2-5,8H2,1H3,(H,14,16)/t9-,11?/m0/s1. The number of amides is 1. The molecule has 0 spiro atoms. The van der Waals surface area contributed by atoms with Crippen molar-refractivity contribution in [1.29, 1.82) is 0 Å². The molecule has 1 heterocycles. The number of hydrogen-bond donors (Lipinski definition) is 2. The second-order valence-corrected chi connectivity index (χ2v) is 5.54. The molecule has 0 saturated carbocycles. The van der Waals surface area contributed by atoms with E-state index in [0.29, 0.717) is 0 Å². The van der Waals surface area contributed by atoms with Crippen molar-refractivity contribution in [1.82, 2.24) is 5.32 Å². The van der Waals surface area contributed by atoms with Crippen LogP contribution in [0.1, 0.15) is 42.5 Å². The predicted octanol–water partition coefficient (Wildman–Crippen LogP) is 2.06. The number of rotatable bonds is 4. The molecule has 0 radical (unpaired) electrons. The van der Waals surface area contributed by atoms with E-state index in [2.05, 4.69) is 16.8 Å². The molecule has 0 aliphatic heterocycles. The Morgan fingerprint density at radius 1 is 1.71 bits per heavy atom. The number of aliphatic hydroxyl groups excluding tert-OH is 1. The molecule has 2 N–H and O–H groups in total. The Balaban J connectivity index is 2.07. The number of aliphatic hydroxyl groups is 1. The van der Waals surface area contributed by atoms with Crippen molar-refractivity contribution in [3.63, 3.8) is 0 Å². The summed E-state index contributed by atoms with van der Waals surface area (Å²) in [5.74, 6) is 0.0656. The lowest BCUT2D eigenvalue weighted by Crippen LogP contribution is -2.40. The van der Waals surface area contributed by atoms with Gasteiger partial charge in [0, 0.05) is 4.88 Å². The summed E-state index contributed by atoms with van der Waals surface area (Å²) in [6.45, 7) is 1.99. The highest BCUT2D eigenvalue weighted by Crippen LogP contribution is 2.35. The predicted molar refractivity (Wildman–Crippen MR) is 69.3 cm³/mol. The van der Waals surface area contributed by atoms with Crippen LogP contribution < -0.4 is 5.32 Å². The molecule has 3 nitrogen and oxygen atoms in total. The third-order valence-electron chi connectivity index (χ3n) is 3.43. The first-order chi connectivity index (χ1) is 8.26. The molecule has 1 aromatic heterocycles. The van der Waals surface area contributed by atoms with Gasteiger partial charge in [-0.1, -0.05) is 6.92 Å². The van der Waals surface area contributed by atoms with Gasteiger partial charge in [-0.2, -0.15) is 0 Å². The number of carbonyl (C=O) groups is 1. The third kappa shape index (κ3) is 2.69. The van der Waals surface area contributed by atoms with Crippen LogP contribution in [0, 0.1) is 0 Å². The summed E-state index contributed by atoms with van der Waals surface area (Å²) in [4.78, 5) is 13.5. The highest BCUT2D eigenvalue weighted by Gasteiger charge is 2.28. The maximum absolute atomic E-state index is 12.2. The monoisotopic (exact) mass is 253 g/mol. The molecule has 1 aliphatic carbocycles. The minimum Gasteiger partial charge on any atom is -0.394 e. The summed E-state index contributed by atoms with van der Waals surface area (Å²) in [5.41, 5.74) is 1.20. The summed E-state index contributed by atoms with van der Waals surface area (Å²) in [6, 6.07) is 1.97. The van der Waals surface area contributed by atoms with Gasteiger partial charge < -0.3 is 10.4 Å². The highest BCUT2D eigenvalue weighted by atomic mass is 32.1. The third-order valence-corrected chi connectivity index (χ3v) is 4.42. The second-order valence-electron chi connectivity index (χ2n) is 4.54. The van der Waals surface area contributed by atoms with E-state index >= 15 is 0 Å². The van der Waals surface area contributed by atoms with Crippen molar-refractivity contribution in [2.75, 3.05) is 6.61 Å². The van der Waals surface area contributed by atoms with Gasteiger partial charge in [0.1, 0.15) is 0 Å². The van der Waals surface area contributed by atoms with Crippen LogP contribution in [-0.4, -0.2) is 23.7 Å². The molecular weight excluding hydrogens is 234 g/mol. The van der Waals surface area contributed by atoms with E-state index in [1.54, 1.807) is 11.3 Å². The average molecular weight is 253 g/mol. The molecule has 0 fully saturated rings. The number of thiophene rings is 1. The summed E-state index contributed by atoms with van der Waals surface area (Å²) >= 11 is 1.75. The van der Waals surface area contributed by atoms with E-state index in [-0.39, 0.29) is 24.5 Å².